The zero-order valence-electron chi connectivity index (χ0n) is 13.0. The Morgan fingerprint density at radius 3 is 2.87 bits per heavy atom. The van der Waals surface area contributed by atoms with Crippen molar-refractivity contribution in [1.29, 1.82) is 0 Å². The number of hydrogen-bond donors (Lipinski definition) is 1. The van der Waals surface area contributed by atoms with E-state index in [9.17, 15) is 9.59 Å². The molecule has 2 heterocycles. The molecule has 1 N–H and O–H groups in total. The summed E-state index contributed by atoms with van der Waals surface area (Å²) in [6.45, 7) is 1.32. The second-order valence-electron chi connectivity index (χ2n) is 5.72. The van der Waals surface area contributed by atoms with Crippen LogP contribution in [0, 0.1) is 5.92 Å². The van der Waals surface area contributed by atoms with Crippen LogP contribution < -0.4 is 10.3 Å². The summed E-state index contributed by atoms with van der Waals surface area (Å²) in [5.74, 6) is 0.950. The van der Waals surface area contributed by atoms with Crippen LogP contribution in [0.1, 0.15) is 22.5 Å². The van der Waals surface area contributed by atoms with Crippen molar-refractivity contribution in [3.8, 4) is 5.75 Å². The molecule has 1 saturated heterocycles. The molecule has 23 heavy (non-hydrogen) atoms. The van der Waals surface area contributed by atoms with Gasteiger partial charge in [-0.15, -0.1) is 0 Å². The highest BCUT2D eigenvalue weighted by Gasteiger charge is 2.28. The maximum Gasteiger partial charge on any atom is 0.279 e. The van der Waals surface area contributed by atoms with Crippen molar-refractivity contribution in [2.45, 2.75) is 12.8 Å². The smallest absolute Gasteiger partial charge is 0.279 e. The number of likely N-dealkylation sites (tertiary alicyclic amines) is 1. The minimum Gasteiger partial charge on any atom is -0.497 e. The van der Waals surface area contributed by atoms with Gasteiger partial charge in [0.2, 0.25) is 0 Å². The molecule has 1 atom stereocenters. The molecule has 1 amide bonds. The number of H-pyrrole nitrogens is 1. The number of aromatic amines is 1. The lowest BCUT2D eigenvalue weighted by atomic mass is 9.99. The summed E-state index contributed by atoms with van der Waals surface area (Å²) in [6, 6.07) is 7.99. The summed E-state index contributed by atoms with van der Waals surface area (Å²) in [4.78, 5) is 32.2. The molecule has 6 nitrogen and oxygen atoms in total. The van der Waals surface area contributed by atoms with Crippen LogP contribution in [0.5, 0.6) is 5.75 Å². The predicted molar refractivity (Wildman–Crippen MR) is 85.6 cm³/mol. The molecule has 1 aromatic carbocycles. The van der Waals surface area contributed by atoms with E-state index in [1.807, 2.05) is 24.3 Å². The van der Waals surface area contributed by atoms with Crippen LogP contribution in [0.15, 0.2) is 41.5 Å². The van der Waals surface area contributed by atoms with Crippen LogP contribution in [0.4, 0.5) is 0 Å². The van der Waals surface area contributed by atoms with E-state index < -0.39 is 5.56 Å². The van der Waals surface area contributed by atoms with Gasteiger partial charge < -0.3 is 14.6 Å². The number of amides is 1. The first-order chi connectivity index (χ1) is 11.2. The van der Waals surface area contributed by atoms with Crippen LogP contribution >= 0.6 is 0 Å². The molecule has 1 aromatic heterocycles. The summed E-state index contributed by atoms with van der Waals surface area (Å²) in [5.41, 5.74) is 0.759. The van der Waals surface area contributed by atoms with Gasteiger partial charge >= 0.3 is 0 Å². The van der Waals surface area contributed by atoms with Crippen LogP contribution in [0.25, 0.3) is 0 Å². The number of carbonyl (C=O) groups is 1. The molecule has 1 fully saturated rings. The summed E-state index contributed by atoms with van der Waals surface area (Å²) in [5, 5.41) is 0. The molecule has 3 rings (SSSR count). The topological polar surface area (TPSA) is 75.3 Å². The minimum absolute atomic E-state index is 0.0300. The molecule has 0 aliphatic carbocycles. The first kappa shape index (κ1) is 15.3. The Morgan fingerprint density at radius 2 is 2.17 bits per heavy atom. The summed E-state index contributed by atoms with van der Waals surface area (Å²) < 4.78 is 5.16. The Bertz CT molecular complexity index is 739. The normalized spacial score (nSPS) is 17.3. The first-order valence-corrected chi connectivity index (χ1v) is 7.63. The number of nitrogens with one attached hydrogen (secondary N) is 1. The molecule has 1 aliphatic rings. The SMILES string of the molecule is COc1ccc(CC2CCN(C(=O)c3ncc[nH]c3=O)C2)cc1. The second-order valence-corrected chi connectivity index (χ2v) is 5.72. The molecular formula is C17H19N3O3. The standard InChI is InChI=1S/C17H19N3O3/c1-23-14-4-2-12(3-5-14)10-13-6-9-20(11-13)17(22)15-16(21)19-8-7-18-15/h2-5,7-8,13H,6,9-11H2,1H3,(H,19,21). The largest absolute Gasteiger partial charge is 0.497 e. The van der Waals surface area contributed by atoms with Crippen molar-refractivity contribution >= 4 is 5.91 Å². The van der Waals surface area contributed by atoms with E-state index in [1.54, 1.807) is 12.0 Å². The van der Waals surface area contributed by atoms with Gasteiger partial charge in [-0.1, -0.05) is 12.1 Å². The van der Waals surface area contributed by atoms with Gasteiger partial charge in [0.15, 0.2) is 5.69 Å². The van der Waals surface area contributed by atoms with E-state index in [1.165, 1.54) is 18.0 Å². The van der Waals surface area contributed by atoms with Gasteiger partial charge in [0.1, 0.15) is 5.75 Å². The van der Waals surface area contributed by atoms with Crippen molar-refractivity contribution in [3.05, 3.63) is 58.3 Å². The lowest BCUT2D eigenvalue weighted by molar-refractivity contribution is 0.0779. The quantitative estimate of drug-likeness (QED) is 0.928. The predicted octanol–water partition coefficient (Wildman–Crippen LogP) is 1.48. The van der Waals surface area contributed by atoms with Crippen molar-refractivity contribution in [2.75, 3.05) is 20.2 Å². The highest BCUT2D eigenvalue weighted by Crippen LogP contribution is 2.22. The Morgan fingerprint density at radius 1 is 1.39 bits per heavy atom. The van der Waals surface area contributed by atoms with Crippen molar-refractivity contribution in [2.24, 2.45) is 5.92 Å². The van der Waals surface area contributed by atoms with Gasteiger partial charge in [-0.25, -0.2) is 4.98 Å². The van der Waals surface area contributed by atoms with Gasteiger partial charge in [-0.3, -0.25) is 9.59 Å². The highest BCUT2D eigenvalue weighted by molar-refractivity contribution is 5.92. The zero-order chi connectivity index (χ0) is 16.2. The molecule has 0 bridgehead atoms. The Labute approximate surface area is 134 Å². The number of nitrogens with zero attached hydrogens (tertiary/aromatic N) is 2. The van der Waals surface area contributed by atoms with Crippen molar-refractivity contribution in [1.82, 2.24) is 14.9 Å². The minimum atomic E-state index is -0.434. The summed E-state index contributed by atoms with van der Waals surface area (Å²) in [6.07, 6.45) is 4.70. The Balaban J connectivity index is 1.63. The van der Waals surface area contributed by atoms with E-state index in [0.717, 1.165) is 18.6 Å². The monoisotopic (exact) mass is 313 g/mol. The number of rotatable bonds is 4. The molecule has 1 unspecified atom stereocenters. The second kappa shape index (κ2) is 6.64. The molecule has 1 aliphatic heterocycles. The molecule has 6 heteroatoms. The van der Waals surface area contributed by atoms with Crippen molar-refractivity contribution in [3.63, 3.8) is 0 Å². The third kappa shape index (κ3) is 3.41. The number of hydrogen-bond acceptors (Lipinski definition) is 4. The Hall–Kier alpha value is -2.63. The molecule has 120 valence electrons. The van der Waals surface area contributed by atoms with Crippen LogP contribution in [0.3, 0.4) is 0 Å². The Kier molecular flexibility index (Phi) is 4.41. The van der Waals surface area contributed by atoms with Gasteiger partial charge in [-0.05, 0) is 36.5 Å². The van der Waals surface area contributed by atoms with E-state index in [4.69, 9.17) is 4.74 Å². The molecule has 0 spiro atoms. The summed E-state index contributed by atoms with van der Waals surface area (Å²) in [7, 11) is 1.65. The van der Waals surface area contributed by atoms with Gasteiger partial charge in [0.05, 0.1) is 7.11 Å². The molecule has 2 aromatic rings. The maximum atomic E-state index is 12.4. The maximum absolute atomic E-state index is 12.4. The van der Waals surface area contributed by atoms with Crippen LogP contribution in [-0.4, -0.2) is 41.0 Å². The average Bonchev–Trinajstić information content (AvgIpc) is 3.04. The van der Waals surface area contributed by atoms with E-state index in [0.29, 0.717) is 19.0 Å². The highest BCUT2D eigenvalue weighted by atomic mass is 16.5. The first-order valence-electron chi connectivity index (χ1n) is 7.63. The number of methoxy groups -OCH3 is 1. The van der Waals surface area contributed by atoms with Gasteiger partial charge in [-0.2, -0.15) is 0 Å². The van der Waals surface area contributed by atoms with Gasteiger partial charge in [0, 0.05) is 25.5 Å². The fraction of sp³-hybridized carbons (Fsp3) is 0.353. The third-order valence-electron chi connectivity index (χ3n) is 4.17. The number of ether oxygens (including phenoxy) is 1. The number of benzene rings is 1. The molecular weight excluding hydrogens is 294 g/mol. The number of carbonyl (C=O) groups excluding carboxylic acids is 1. The molecule has 0 radical (unpaired) electrons. The van der Waals surface area contributed by atoms with Gasteiger partial charge in [0.25, 0.3) is 11.5 Å². The van der Waals surface area contributed by atoms with Crippen LogP contribution in [0.2, 0.25) is 0 Å². The van der Waals surface area contributed by atoms with E-state index in [2.05, 4.69) is 9.97 Å². The lowest BCUT2D eigenvalue weighted by Crippen LogP contribution is -2.34. The van der Waals surface area contributed by atoms with E-state index in [-0.39, 0.29) is 11.6 Å². The fourth-order valence-electron chi connectivity index (χ4n) is 2.93. The van der Waals surface area contributed by atoms with E-state index >= 15 is 0 Å². The van der Waals surface area contributed by atoms with Crippen LogP contribution in [-0.2, 0) is 6.42 Å². The number of aromatic nitrogens is 2. The average molecular weight is 313 g/mol. The fourth-order valence-corrected chi connectivity index (χ4v) is 2.93. The molecule has 0 saturated carbocycles. The third-order valence-corrected chi connectivity index (χ3v) is 4.17. The zero-order valence-corrected chi connectivity index (χ0v) is 13.0. The lowest BCUT2D eigenvalue weighted by Gasteiger charge is -2.15. The summed E-state index contributed by atoms with van der Waals surface area (Å²) >= 11 is 0. The van der Waals surface area contributed by atoms with Crippen molar-refractivity contribution < 1.29 is 9.53 Å².